The van der Waals surface area contributed by atoms with Crippen LogP contribution in [-0.2, 0) is 10.8 Å². The highest BCUT2D eigenvalue weighted by Gasteiger charge is 2.23. The third-order valence-corrected chi connectivity index (χ3v) is 4.19. The van der Waals surface area contributed by atoms with E-state index in [9.17, 15) is 4.39 Å². The van der Waals surface area contributed by atoms with E-state index in [1.165, 1.54) is 0 Å². The molecule has 0 aliphatic heterocycles. The highest BCUT2D eigenvalue weighted by molar-refractivity contribution is 5.80. The van der Waals surface area contributed by atoms with Crippen molar-refractivity contribution in [2.75, 3.05) is 0 Å². The second kappa shape index (κ2) is 4.83. The van der Waals surface area contributed by atoms with Crippen molar-refractivity contribution in [3.05, 3.63) is 41.3 Å². The van der Waals surface area contributed by atoms with Crippen LogP contribution in [0.2, 0.25) is 0 Å². The molecule has 0 spiro atoms. The van der Waals surface area contributed by atoms with Crippen LogP contribution in [0.5, 0.6) is 0 Å². The summed E-state index contributed by atoms with van der Waals surface area (Å²) in [4.78, 5) is 4.66. The van der Waals surface area contributed by atoms with E-state index in [1.54, 1.807) is 0 Å². The lowest BCUT2D eigenvalue weighted by molar-refractivity contribution is 0.491. The first-order chi connectivity index (χ1) is 9.16. The second-order valence-electron chi connectivity index (χ2n) is 7.18. The highest BCUT2D eigenvalue weighted by Crippen LogP contribution is 2.31. The molecule has 2 aromatic rings. The van der Waals surface area contributed by atoms with Crippen LogP contribution in [0.15, 0.2) is 24.3 Å². The molecule has 108 valence electrons. The van der Waals surface area contributed by atoms with E-state index in [0.717, 1.165) is 23.2 Å². The Hall–Kier alpha value is -1.44. The van der Waals surface area contributed by atoms with Gasteiger partial charge in [-0.1, -0.05) is 47.6 Å². The van der Waals surface area contributed by atoms with Crippen LogP contribution in [0.1, 0.15) is 59.2 Å². The Balaban J connectivity index is 2.64. The number of benzene rings is 1. The third-order valence-electron chi connectivity index (χ3n) is 4.19. The van der Waals surface area contributed by atoms with Gasteiger partial charge < -0.3 is 0 Å². The van der Waals surface area contributed by atoms with Crippen LogP contribution in [0.4, 0.5) is 4.39 Å². The zero-order valence-corrected chi connectivity index (χ0v) is 13.3. The summed E-state index contributed by atoms with van der Waals surface area (Å²) < 4.78 is 14.6. The molecule has 2 heteroatoms. The monoisotopic (exact) mass is 273 g/mol. The molecule has 0 saturated heterocycles. The smallest absolute Gasteiger partial charge is 0.136 e. The van der Waals surface area contributed by atoms with Gasteiger partial charge in [-0.15, -0.1) is 0 Å². The molecule has 0 unspecified atom stereocenters. The quantitative estimate of drug-likeness (QED) is 0.718. The molecule has 0 bridgehead atoms. The fraction of sp³-hybridized carbons (Fsp3) is 0.500. The highest BCUT2D eigenvalue weighted by atomic mass is 19.1. The number of pyridine rings is 1. The largest absolute Gasteiger partial charge is 0.252 e. The minimum atomic E-state index is -0.195. The SMILES string of the molecule is CCC(C)(C)c1ccc2c(F)c(C(C)(C)C)ccc2n1. The minimum absolute atomic E-state index is 0.0212. The average molecular weight is 273 g/mol. The van der Waals surface area contributed by atoms with Gasteiger partial charge in [-0.2, -0.15) is 0 Å². The Morgan fingerprint density at radius 1 is 1.00 bits per heavy atom. The maximum absolute atomic E-state index is 14.6. The van der Waals surface area contributed by atoms with E-state index in [2.05, 4.69) is 25.8 Å². The summed E-state index contributed by atoms with van der Waals surface area (Å²) in [6, 6.07) is 7.64. The molecular weight excluding hydrogens is 249 g/mol. The van der Waals surface area contributed by atoms with Crippen LogP contribution >= 0.6 is 0 Å². The maximum atomic E-state index is 14.6. The molecule has 0 aliphatic rings. The van der Waals surface area contributed by atoms with E-state index in [4.69, 9.17) is 0 Å². The van der Waals surface area contributed by atoms with Crippen molar-refractivity contribution >= 4 is 10.9 Å². The second-order valence-corrected chi connectivity index (χ2v) is 7.18. The van der Waals surface area contributed by atoms with Crippen molar-refractivity contribution in [1.82, 2.24) is 4.98 Å². The van der Waals surface area contributed by atoms with Crippen LogP contribution in [-0.4, -0.2) is 4.98 Å². The fourth-order valence-electron chi connectivity index (χ4n) is 2.31. The molecule has 0 N–H and O–H groups in total. The number of nitrogens with zero attached hydrogens (tertiary/aromatic N) is 1. The molecule has 0 saturated carbocycles. The summed E-state index contributed by atoms with van der Waals surface area (Å²) in [5.74, 6) is -0.136. The standard InChI is InChI=1S/C18H24FN/c1-7-18(5,6)15-11-8-12-14(20-15)10-9-13(16(12)19)17(2,3)4/h8-11H,7H2,1-6H3. The first kappa shape index (κ1) is 15.0. The molecule has 0 fully saturated rings. The van der Waals surface area contributed by atoms with Gasteiger partial charge in [0.25, 0.3) is 0 Å². The van der Waals surface area contributed by atoms with Crippen LogP contribution in [0.25, 0.3) is 10.9 Å². The zero-order chi connectivity index (χ0) is 15.1. The lowest BCUT2D eigenvalue weighted by atomic mass is 9.84. The summed E-state index contributed by atoms with van der Waals surface area (Å²) in [6.45, 7) is 12.6. The fourth-order valence-corrected chi connectivity index (χ4v) is 2.31. The van der Waals surface area contributed by atoms with E-state index in [0.29, 0.717) is 5.39 Å². The molecular formula is C18H24FN. The predicted molar refractivity (Wildman–Crippen MR) is 83.7 cm³/mol. The van der Waals surface area contributed by atoms with E-state index in [-0.39, 0.29) is 16.6 Å². The van der Waals surface area contributed by atoms with E-state index >= 15 is 0 Å². The normalized spacial score (nSPS) is 12.9. The Morgan fingerprint density at radius 3 is 2.20 bits per heavy atom. The van der Waals surface area contributed by atoms with Crippen molar-refractivity contribution in [2.45, 2.75) is 58.8 Å². The van der Waals surface area contributed by atoms with Gasteiger partial charge >= 0.3 is 0 Å². The van der Waals surface area contributed by atoms with Crippen LogP contribution < -0.4 is 0 Å². The maximum Gasteiger partial charge on any atom is 0.136 e. The molecule has 0 atom stereocenters. The first-order valence-corrected chi connectivity index (χ1v) is 7.27. The van der Waals surface area contributed by atoms with Gasteiger partial charge in [0, 0.05) is 16.5 Å². The summed E-state index contributed by atoms with van der Waals surface area (Å²) in [5.41, 5.74) is 2.34. The molecule has 20 heavy (non-hydrogen) atoms. The summed E-state index contributed by atoms with van der Waals surface area (Å²) in [6.07, 6.45) is 1.01. The van der Waals surface area contributed by atoms with Gasteiger partial charge in [0.1, 0.15) is 5.82 Å². The minimum Gasteiger partial charge on any atom is -0.252 e. The molecule has 1 heterocycles. The van der Waals surface area contributed by atoms with Crippen LogP contribution in [0, 0.1) is 5.82 Å². The Labute approximate surface area is 121 Å². The number of halogens is 1. The Morgan fingerprint density at radius 2 is 1.65 bits per heavy atom. The molecule has 0 radical (unpaired) electrons. The Bertz CT molecular complexity index is 636. The average Bonchev–Trinajstić information content (AvgIpc) is 2.37. The van der Waals surface area contributed by atoms with Gasteiger partial charge in [0.15, 0.2) is 0 Å². The number of rotatable bonds is 2. The van der Waals surface area contributed by atoms with Gasteiger partial charge in [0.2, 0.25) is 0 Å². The summed E-state index contributed by atoms with van der Waals surface area (Å²) in [7, 11) is 0. The van der Waals surface area contributed by atoms with Crippen molar-refractivity contribution in [2.24, 2.45) is 0 Å². The zero-order valence-electron chi connectivity index (χ0n) is 13.3. The summed E-state index contributed by atoms with van der Waals surface area (Å²) in [5, 5.41) is 0.619. The molecule has 1 aromatic carbocycles. The Kier molecular flexibility index (Phi) is 3.62. The van der Waals surface area contributed by atoms with E-state index < -0.39 is 0 Å². The molecule has 1 nitrogen and oxygen atoms in total. The van der Waals surface area contributed by atoms with Gasteiger partial charge in [-0.05, 0) is 35.6 Å². The number of hydrogen-bond donors (Lipinski definition) is 0. The topological polar surface area (TPSA) is 12.9 Å². The predicted octanol–water partition coefficient (Wildman–Crippen LogP) is 5.36. The van der Waals surface area contributed by atoms with Crippen LogP contribution in [0.3, 0.4) is 0 Å². The molecule has 0 aliphatic carbocycles. The molecule has 1 aromatic heterocycles. The van der Waals surface area contributed by atoms with E-state index in [1.807, 2.05) is 45.0 Å². The number of fused-ring (bicyclic) bond motifs is 1. The first-order valence-electron chi connectivity index (χ1n) is 7.27. The third kappa shape index (κ3) is 2.56. The van der Waals surface area contributed by atoms with Gasteiger partial charge in [0.05, 0.1) is 5.52 Å². The van der Waals surface area contributed by atoms with Crippen molar-refractivity contribution < 1.29 is 4.39 Å². The molecule has 0 amide bonds. The van der Waals surface area contributed by atoms with Crippen molar-refractivity contribution in [3.8, 4) is 0 Å². The lowest BCUT2D eigenvalue weighted by Crippen LogP contribution is -2.18. The lowest BCUT2D eigenvalue weighted by Gasteiger charge is -2.23. The van der Waals surface area contributed by atoms with Crippen molar-refractivity contribution in [3.63, 3.8) is 0 Å². The van der Waals surface area contributed by atoms with Gasteiger partial charge in [-0.25, -0.2) is 4.39 Å². The summed E-state index contributed by atoms with van der Waals surface area (Å²) >= 11 is 0. The van der Waals surface area contributed by atoms with Gasteiger partial charge in [-0.3, -0.25) is 4.98 Å². The number of aromatic nitrogens is 1. The van der Waals surface area contributed by atoms with Crippen molar-refractivity contribution in [1.29, 1.82) is 0 Å². The number of hydrogen-bond acceptors (Lipinski definition) is 1. The molecule has 2 rings (SSSR count).